The lowest BCUT2D eigenvalue weighted by Gasteiger charge is -2.29. The summed E-state index contributed by atoms with van der Waals surface area (Å²) in [7, 11) is 0. The zero-order valence-corrected chi connectivity index (χ0v) is 13.5. The van der Waals surface area contributed by atoms with Crippen LogP contribution in [-0.2, 0) is 19.5 Å². The molecule has 2 amide bonds. The number of benzene rings is 1. The number of nitrogens with zero attached hydrogens (tertiary/aromatic N) is 2. The number of urea groups is 1. The maximum atomic E-state index is 11.4. The van der Waals surface area contributed by atoms with Gasteiger partial charge in [0.05, 0.1) is 6.61 Å². The number of aliphatic hydroxyl groups excluding tert-OH is 1. The predicted molar refractivity (Wildman–Crippen MR) is 92.8 cm³/mol. The van der Waals surface area contributed by atoms with Gasteiger partial charge in [0, 0.05) is 32.4 Å². The summed E-state index contributed by atoms with van der Waals surface area (Å²) in [6.45, 7) is 2.44. The Bertz CT molecular complexity index is 688. The normalized spacial score (nSPS) is 13.3. The summed E-state index contributed by atoms with van der Waals surface area (Å²) in [5, 5.41) is 13.9. The molecule has 2 aromatic rings. The summed E-state index contributed by atoms with van der Waals surface area (Å²) in [5.41, 5.74) is 3.72. The summed E-state index contributed by atoms with van der Waals surface area (Å²) >= 11 is 0. The highest BCUT2D eigenvalue weighted by molar-refractivity contribution is 5.73. The van der Waals surface area contributed by atoms with Crippen molar-refractivity contribution in [3.05, 3.63) is 59.3 Å². The molecule has 6 nitrogen and oxygen atoms in total. The van der Waals surface area contributed by atoms with Crippen LogP contribution >= 0.6 is 0 Å². The summed E-state index contributed by atoms with van der Waals surface area (Å²) in [4.78, 5) is 18.2. The minimum absolute atomic E-state index is 0.0668. The molecule has 0 saturated heterocycles. The lowest BCUT2D eigenvalue weighted by Crippen LogP contribution is -2.36. The molecule has 1 aliphatic rings. The van der Waals surface area contributed by atoms with Crippen molar-refractivity contribution in [2.45, 2.75) is 19.5 Å². The van der Waals surface area contributed by atoms with Crippen molar-refractivity contribution in [2.75, 3.05) is 24.6 Å². The first-order valence-corrected chi connectivity index (χ1v) is 8.15. The number of rotatable bonds is 5. The average molecular weight is 326 g/mol. The van der Waals surface area contributed by atoms with Crippen LogP contribution in [0.4, 0.5) is 10.6 Å². The van der Waals surface area contributed by atoms with Gasteiger partial charge in [-0.15, -0.1) is 0 Å². The second-order valence-corrected chi connectivity index (χ2v) is 5.80. The molecule has 1 aromatic heterocycles. The quantitative estimate of drug-likeness (QED) is 0.777. The average Bonchev–Trinajstić information content (AvgIpc) is 2.64. The van der Waals surface area contributed by atoms with Crippen LogP contribution in [0, 0.1) is 0 Å². The molecule has 2 heterocycles. The fraction of sp³-hybridized carbons (Fsp3) is 0.333. The Hall–Kier alpha value is -2.60. The van der Waals surface area contributed by atoms with Gasteiger partial charge in [-0.3, -0.25) is 0 Å². The van der Waals surface area contributed by atoms with Crippen molar-refractivity contribution in [1.29, 1.82) is 0 Å². The number of fused-ring (bicyclic) bond motifs is 1. The molecule has 24 heavy (non-hydrogen) atoms. The predicted octanol–water partition coefficient (Wildman–Crippen LogP) is 1.44. The van der Waals surface area contributed by atoms with Gasteiger partial charge < -0.3 is 20.6 Å². The number of carbonyl (C=O) groups is 1. The SMILES string of the molecule is O=C(NCCO)NCc1ccc(N2CCc3ccccc3C2)nc1. The zero-order chi connectivity index (χ0) is 16.8. The van der Waals surface area contributed by atoms with Crippen LogP contribution in [0.25, 0.3) is 0 Å². The highest BCUT2D eigenvalue weighted by Crippen LogP contribution is 2.22. The van der Waals surface area contributed by atoms with Crippen LogP contribution in [0.5, 0.6) is 0 Å². The van der Waals surface area contributed by atoms with E-state index in [1.54, 1.807) is 6.20 Å². The van der Waals surface area contributed by atoms with Crippen LogP contribution < -0.4 is 15.5 Å². The molecule has 126 valence electrons. The number of hydrogen-bond acceptors (Lipinski definition) is 4. The van der Waals surface area contributed by atoms with E-state index in [0.717, 1.165) is 30.9 Å². The molecule has 0 fully saturated rings. The van der Waals surface area contributed by atoms with E-state index in [1.807, 2.05) is 12.1 Å². The van der Waals surface area contributed by atoms with Gasteiger partial charge in [-0.05, 0) is 29.2 Å². The third-order valence-corrected chi connectivity index (χ3v) is 4.11. The van der Waals surface area contributed by atoms with E-state index >= 15 is 0 Å². The van der Waals surface area contributed by atoms with Crippen molar-refractivity contribution in [3.8, 4) is 0 Å². The third-order valence-electron chi connectivity index (χ3n) is 4.11. The number of nitrogens with one attached hydrogen (secondary N) is 2. The second-order valence-electron chi connectivity index (χ2n) is 5.80. The molecule has 1 aliphatic heterocycles. The highest BCUT2D eigenvalue weighted by Gasteiger charge is 2.16. The van der Waals surface area contributed by atoms with Gasteiger partial charge in [0.2, 0.25) is 0 Å². The largest absolute Gasteiger partial charge is 0.395 e. The standard InChI is InChI=1S/C18H22N4O2/c23-10-8-19-18(24)21-12-14-5-6-17(20-11-14)22-9-7-15-3-1-2-4-16(15)13-22/h1-6,11,23H,7-10,12-13H2,(H2,19,21,24). The molecule has 0 radical (unpaired) electrons. The molecule has 0 bridgehead atoms. The van der Waals surface area contributed by atoms with Crippen LogP contribution in [0.15, 0.2) is 42.6 Å². The fourth-order valence-corrected chi connectivity index (χ4v) is 2.81. The smallest absolute Gasteiger partial charge is 0.315 e. The number of pyridine rings is 1. The van der Waals surface area contributed by atoms with E-state index < -0.39 is 0 Å². The molecule has 0 spiro atoms. The van der Waals surface area contributed by atoms with Crippen molar-refractivity contribution in [1.82, 2.24) is 15.6 Å². The van der Waals surface area contributed by atoms with E-state index in [9.17, 15) is 4.79 Å². The number of aromatic nitrogens is 1. The molecule has 1 aromatic carbocycles. The number of amides is 2. The van der Waals surface area contributed by atoms with Crippen molar-refractivity contribution in [2.24, 2.45) is 0 Å². The first-order valence-electron chi connectivity index (χ1n) is 8.15. The number of hydrogen-bond donors (Lipinski definition) is 3. The lowest BCUT2D eigenvalue weighted by molar-refractivity contribution is 0.234. The minimum atomic E-state index is -0.291. The first-order chi connectivity index (χ1) is 11.8. The number of aliphatic hydroxyl groups is 1. The summed E-state index contributed by atoms with van der Waals surface area (Å²) < 4.78 is 0. The van der Waals surface area contributed by atoms with E-state index in [2.05, 4.69) is 44.8 Å². The Morgan fingerprint density at radius 2 is 2.00 bits per heavy atom. The summed E-state index contributed by atoms with van der Waals surface area (Å²) in [5.74, 6) is 0.956. The number of carbonyl (C=O) groups excluding carboxylic acids is 1. The van der Waals surface area contributed by atoms with E-state index in [1.165, 1.54) is 11.1 Å². The van der Waals surface area contributed by atoms with E-state index in [-0.39, 0.29) is 19.2 Å². The van der Waals surface area contributed by atoms with Crippen molar-refractivity contribution in [3.63, 3.8) is 0 Å². The van der Waals surface area contributed by atoms with Crippen molar-refractivity contribution < 1.29 is 9.90 Å². The van der Waals surface area contributed by atoms with Gasteiger partial charge in [-0.25, -0.2) is 9.78 Å². The van der Waals surface area contributed by atoms with Crippen LogP contribution in [0.3, 0.4) is 0 Å². The molecular weight excluding hydrogens is 304 g/mol. The molecule has 0 atom stereocenters. The highest BCUT2D eigenvalue weighted by atomic mass is 16.3. The van der Waals surface area contributed by atoms with E-state index in [4.69, 9.17) is 5.11 Å². The Morgan fingerprint density at radius 3 is 2.75 bits per heavy atom. The van der Waals surface area contributed by atoms with Gasteiger partial charge in [-0.1, -0.05) is 30.3 Å². The van der Waals surface area contributed by atoms with Crippen molar-refractivity contribution >= 4 is 11.8 Å². The second kappa shape index (κ2) is 7.79. The van der Waals surface area contributed by atoms with Gasteiger partial charge in [-0.2, -0.15) is 0 Å². The molecule has 6 heteroatoms. The molecule has 3 N–H and O–H groups in total. The molecule has 0 unspecified atom stereocenters. The lowest BCUT2D eigenvalue weighted by atomic mass is 10.00. The minimum Gasteiger partial charge on any atom is -0.395 e. The molecule has 3 rings (SSSR count). The van der Waals surface area contributed by atoms with Gasteiger partial charge >= 0.3 is 6.03 Å². The monoisotopic (exact) mass is 326 g/mol. The topological polar surface area (TPSA) is 77.5 Å². The third kappa shape index (κ3) is 4.02. The fourth-order valence-electron chi connectivity index (χ4n) is 2.81. The van der Waals surface area contributed by atoms with Gasteiger partial charge in [0.1, 0.15) is 5.82 Å². The summed E-state index contributed by atoms with van der Waals surface area (Å²) in [6, 6.07) is 12.2. The number of anilines is 1. The van der Waals surface area contributed by atoms with Crippen LogP contribution in [0.2, 0.25) is 0 Å². The van der Waals surface area contributed by atoms with Crippen LogP contribution in [0.1, 0.15) is 16.7 Å². The Kier molecular flexibility index (Phi) is 5.28. The van der Waals surface area contributed by atoms with Crippen LogP contribution in [-0.4, -0.2) is 35.8 Å². The first kappa shape index (κ1) is 16.3. The van der Waals surface area contributed by atoms with E-state index in [0.29, 0.717) is 6.54 Å². The Labute approximate surface area is 141 Å². The summed E-state index contributed by atoms with van der Waals surface area (Å²) in [6.07, 6.45) is 2.83. The van der Waals surface area contributed by atoms with Gasteiger partial charge in [0.15, 0.2) is 0 Å². The Balaban J connectivity index is 1.56. The molecule has 0 saturated carbocycles. The Morgan fingerprint density at radius 1 is 1.17 bits per heavy atom. The maximum absolute atomic E-state index is 11.4. The van der Waals surface area contributed by atoms with Gasteiger partial charge in [0.25, 0.3) is 0 Å². The maximum Gasteiger partial charge on any atom is 0.315 e. The zero-order valence-electron chi connectivity index (χ0n) is 13.5. The molecular formula is C18H22N4O2. The molecule has 0 aliphatic carbocycles.